The number of nitrogens with zero attached hydrogens (tertiary/aromatic N) is 2. The summed E-state index contributed by atoms with van der Waals surface area (Å²) in [7, 11) is 1.55. The summed E-state index contributed by atoms with van der Waals surface area (Å²) in [5.74, 6) is 0.235. The molecule has 1 saturated heterocycles. The van der Waals surface area contributed by atoms with Gasteiger partial charge >= 0.3 is 0 Å². The monoisotopic (exact) mass is 275 g/mol. The molecule has 106 valence electrons. The van der Waals surface area contributed by atoms with Crippen molar-refractivity contribution >= 4 is 11.8 Å². The Hall–Kier alpha value is -2.37. The Labute approximate surface area is 117 Å². The molecule has 0 aliphatic carbocycles. The van der Waals surface area contributed by atoms with Crippen molar-refractivity contribution < 1.29 is 14.3 Å². The van der Waals surface area contributed by atoms with Gasteiger partial charge in [0.25, 0.3) is 5.91 Å². The quantitative estimate of drug-likeness (QED) is 0.817. The summed E-state index contributed by atoms with van der Waals surface area (Å²) in [5, 5.41) is 2.51. The van der Waals surface area contributed by atoms with Crippen LogP contribution in [0, 0.1) is 0 Å². The molecule has 1 aromatic rings. The molecule has 2 heterocycles. The minimum absolute atomic E-state index is 0.0705. The zero-order valence-electron chi connectivity index (χ0n) is 11.3. The van der Waals surface area contributed by atoms with Crippen molar-refractivity contribution in [1.82, 2.24) is 15.2 Å². The molecule has 1 aliphatic rings. The summed E-state index contributed by atoms with van der Waals surface area (Å²) in [6, 6.07) is 3.29. The summed E-state index contributed by atoms with van der Waals surface area (Å²) in [4.78, 5) is 28.6. The molecule has 0 spiro atoms. The largest absolute Gasteiger partial charge is 0.488 e. The van der Waals surface area contributed by atoms with Gasteiger partial charge in [-0.2, -0.15) is 0 Å². The fourth-order valence-corrected chi connectivity index (χ4v) is 2.08. The van der Waals surface area contributed by atoms with Crippen molar-refractivity contribution in [2.45, 2.75) is 12.5 Å². The van der Waals surface area contributed by atoms with Crippen LogP contribution in [0.5, 0.6) is 5.75 Å². The van der Waals surface area contributed by atoms with E-state index in [-0.39, 0.29) is 17.9 Å². The van der Waals surface area contributed by atoms with Gasteiger partial charge in [-0.25, -0.2) is 0 Å². The third-order valence-corrected chi connectivity index (χ3v) is 3.13. The van der Waals surface area contributed by atoms with Gasteiger partial charge in [0.05, 0.1) is 6.54 Å². The Morgan fingerprint density at radius 1 is 1.60 bits per heavy atom. The second-order valence-corrected chi connectivity index (χ2v) is 4.47. The Balaban J connectivity index is 1.99. The van der Waals surface area contributed by atoms with Crippen LogP contribution in [0.1, 0.15) is 16.9 Å². The summed E-state index contributed by atoms with van der Waals surface area (Å²) < 4.78 is 5.79. The lowest BCUT2D eigenvalue weighted by atomic mass is 10.3. The van der Waals surface area contributed by atoms with Crippen molar-refractivity contribution in [3.05, 3.63) is 36.7 Å². The Morgan fingerprint density at radius 3 is 3.10 bits per heavy atom. The zero-order valence-corrected chi connectivity index (χ0v) is 11.3. The molecule has 6 heteroatoms. The molecule has 20 heavy (non-hydrogen) atoms. The normalized spacial score (nSPS) is 17.6. The van der Waals surface area contributed by atoms with E-state index in [9.17, 15) is 9.59 Å². The highest BCUT2D eigenvalue weighted by Gasteiger charge is 2.26. The van der Waals surface area contributed by atoms with Crippen LogP contribution in [-0.4, -0.2) is 47.9 Å². The molecule has 1 fully saturated rings. The molecule has 0 saturated carbocycles. The number of rotatable bonds is 4. The highest BCUT2D eigenvalue weighted by molar-refractivity contribution is 5.92. The molecule has 1 unspecified atom stereocenters. The zero-order chi connectivity index (χ0) is 14.5. The number of amides is 2. The predicted molar refractivity (Wildman–Crippen MR) is 73.4 cm³/mol. The number of aromatic nitrogens is 1. The van der Waals surface area contributed by atoms with Gasteiger partial charge < -0.3 is 15.0 Å². The third kappa shape index (κ3) is 3.14. The number of likely N-dealkylation sites (tertiary alicyclic amines) is 1. The fourth-order valence-electron chi connectivity index (χ4n) is 2.08. The molecular formula is C14H17N3O3. The van der Waals surface area contributed by atoms with Gasteiger partial charge in [-0.05, 0) is 12.1 Å². The first kappa shape index (κ1) is 14.0. The molecule has 6 nitrogen and oxygen atoms in total. The van der Waals surface area contributed by atoms with Gasteiger partial charge in [0, 0.05) is 32.3 Å². The van der Waals surface area contributed by atoms with Crippen molar-refractivity contribution in [2.24, 2.45) is 0 Å². The molecule has 0 radical (unpaired) electrons. The molecule has 1 N–H and O–H groups in total. The molecule has 0 bridgehead atoms. The average molecular weight is 275 g/mol. The van der Waals surface area contributed by atoms with Crippen LogP contribution in [0.4, 0.5) is 0 Å². The van der Waals surface area contributed by atoms with Crippen LogP contribution >= 0.6 is 0 Å². The Bertz CT molecular complexity index is 530. The first-order chi connectivity index (χ1) is 9.63. The molecule has 2 rings (SSSR count). The highest BCUT2D eigenvalue weighted by Crippen LogP contribution is 2.19. The van der Waals surface area contributed by atoms with Crippen LogP contribution < -0.4 is 10.1 Å². The topological polar surface area (TPSA) is 71.5 Å². The Morgan fingerprint density at radius 2 is 2.40 bits per heavy atom. The lowest BCUT2D eigenvalue weighted by Gasteiger charge is -2.15. The second-order valence-electron chi connectivity index (χ2n) is 4.47. The maximum absolute atomic E-state index is 11.5. The Kier molecular flexibility index (Phi) is 4.34. The summed E-state index contributed by atoms with van der Waals surface area (Å²) in [6.45, 7) is 4.66. The van der Waals surface area contributed by atoms with E-state index in [1.807, 2.05) is 0 Å². The van der Waals surface area contributed by atoms with Crippen LogP contribution in [0.2, 0.25) is 0 Å². The van der Waals surface area contributed by atoms with E-state index >= 15 is 0 Å². The SMILES string of the molecule is C=CC(=O)N1CCC(Oc2ccnc(C(=O)NC)c2)C1. The summed E-state index contributed by atoms with van der Waals surface area (Å²) in [5.41, 5.74) is 0.307. The van der Waals surface area contributed by atoms with Gasteiger partial charge in [-0.3, -0.25) is 14.6 Å². The fraction of sp³-hybridized carbons (Fsp3) is 0.357. The first-order valence-electron chi connectivity index (χ1n) is 6.40. The molecule has 1 aliphatic heterocycles. The van der Waals surface area contributed by atoms with Crippen molar-refractivity contribution in [3.8, 4) is 5.75 Å². The van der Waals surface area contributed by atoms with Crippen LogP contribution in [0.3, 0.4) is 0 Å². The number of carbonyl (C=O) groups is 2. The molecule has 1 aromatic heterocycles. The van der Waals surface area contributed by atoms with E-state index in [4.69, 9.17) is 4.74 Å². The number of hydrogen-bond donors (Lipinski definition) is 1. The third-order valence-electron chi connectivity index (χ3n) is 3.13. The number of hydrogen-bond acceptors (Lipinski definition) is 4. The summed E-state index contributed by atoms with van der Waals surface area (Å²) >= 11 is 0. The maximum Gasteiger partial charge on any atom is 0.269 e. The van der Waals surface area contributed by atoms with Crippen LogP contribution in [0.25, 0.3) is 0 Å². The van der Waals surface area contributed by atoms with E-state index < -0.39 is 0 Å². The predicted octanol–water partition coefficient (Wildman–Crippen LogP) is 0.607. The summed E-state index contributed by atoms with van der Waals surface area (Å²) in [6.07, 6.45) is 3.52. The van der Waals surface area contributed by atoms with E-state index in [0.29, 0.717) is 24.5 Å². The van der Waals surface area contributed by atoms with Gasteiger partial charge in [-0.15, -0.1) is 0 Å². The van der Waals surface area contributed by atoms with Gasteiger partial charge in [0.15, 0.2) is 0 Å². The van der Waals surface area contributed by atoms with E-state index in [2.05, 4.69) is 16.9 Å². The van der Waals surface area contributed by atoms with Gasteiger partial charge in [0.1, 0.15) is 17.5 Å². The van der Waals surface area contributed by atoms with Gasteiger partial charge in [0.2, 0.25) is 5.91 Å². The first-order valence-corrected chi connectivity index (χ1v) is 6.40. The number of nitrogens with one attached hydrogen (secondary N) is 1. The smallest absolute Gasteiger partial charge is 0.269 e. The van der Waals surface area contributed by atoms with E-state index in [0.717, 1.165) is 6.42 Å². The van der Waals surface area contributed by atoms with Crippen LogP contribution in [0.15, 0.2) is 31.0 Å². The molecular weight excluding hydrogens is 258 g/mol. The molecule has 0 aromatic carbocycles. The van der Waals surface area contributed by atoms with Crippen molar-refractivity contribution in [3.63, 3.8) is 0 Å². The van der Waals surface area contributed by atoms with E-state index in [1.165, 1.54) is 12.3 Å². The standard InChI is InChI=1S/C14H17N3O3/c1-3-13(18)17-7-5-11(9-17)20-10-4-6-16-12(8-10)14(19)15-2/h3-4,6,8,11H,1,5,7,9H2,2H3,(H,15,19). The lowest BCUT2D eigenvalue weighted by molar-refractivity contribution is -0.125. The maximum atomic E-state index is 11.5. The van der Waals surface area contributed by atoms with Gasteiger partial charge in [-0.1, -0.05) is 6.58 Å². The van der Waals surface area contributed by atoms with E-state index in [1.54, 1.807) is 24.1 Å². The number of carbonyl (C=O) groups excluding carboxylic acids is 2. The second kappa shape index (κ2) is 6.18. The number of ether oxygens (including phenoxy) is 1. The number of pyridine rings is 1. The minimum Gasteiger partial charge on any atom is -0.488 e. The minimum atomic E-state index is -0.259. The van der Waals surface area contributed by atoms with Crippen molar-refractivity contribution in [1.29, 1.82) is 0 Å². The average Bonchev–Trinajstić information content (AvgIpc) is 2.94. The van der Waals surface area contributed by atoms with Crippen LogP contribution in [-0.2, 0) is 4.79 Å². The van der Waals surface area contributed by atoms with Crippen molar-refractivity contribution in [2.75, 3.05) is 20.1 Å². The molecule has 1 atom stereocenters. The lowest BCUT2D eigenvalue weighted by Crippen LogP contribution is -2.29. The molecule has 2 amide bonds. The highest BCUT2D eigenvalue weighted by atomic mass is 16.5.